The molecule has 0 spiro atoms. The number of hydrogen-bond acceptors (Lipinski definition) is 7. The van der Waals surface area contributed by atoms with Crippen LogP contribution >= 0.6 is 24.8 Å². The summed E-state index contributed by atoms with van der Waals surface area (Å²) in [6.45, 7) is 2.51. The van der Waals surface area contributed by atoms with Gasteiger partial charge in [0.15, 0.2) is 0 Å². The summed E-state index contributed by atoms with van der Waals surface area (Å²) in [6.07, 6.45) is 6.78. The lowest BCUT2D eigenvalue weighted by Gasteiger charge is -2.17. The minimum Gasteiger partial charge on any atom is -0.508 e. The molecule has 10 heteroatoms. The highest BCUT2D eigenvalue weighted by Crippen LogP contribution is 2.21. The number of benzene rings is 1. The van der Waals surface area contributed by atoms with E-state index < -0.39 is 5.91 Å². The first-order valence-electron chi connectivity index (χ1n) is 8.34. The summed E-state index contributed by atoms with van der Waals surface area (Å²) in [5.41, 5.74) is 2.96. The van der Waals surface area contributed by atoms with Crippen molar-refractivity contribution >= 4 is 42.6 Å². The number of phenolic OH excluding ortho intramolecular Hbond substituents is 1. The lowest BCUT2D eigenvalue weighted by Crippen LogP contribution is -2.26. The van der Waals surface area contributed by atoms with Gasteiger partial charge in [-0.2, -0.15) is 0 Å². The fraction of sp³-hybridized carbons (Fsp3) is 0.278. The van der Waals surface area contributed by atoms with Crippen LogP contribution in [0.4, 0.5) is 5.82 Å². The lowest BCUT2D eigenvalue weighted by molar-refractivity contribution is -0.124. The van der Waals surface area contributed by atoms with Gasteiger partial charge < -0.3 is 10.4 Å². The molecule has 2 aromatic rings. The van der Waals surface area contributed by atoms with Crippen LogP contribution in [0, 0.1) is 0 Å². The highest BCUT2D eigenvalue weighted by molar-refractivity contribution is 5.90. The first-order valence-corrected chi connectivity index (χ1v) is 8.34. The van der Waals surface area contributed by atoms with Gasteiger partial charge in [0.25, 0.3) is 5.91 Å². The molecule has 0 unspecified atom stereocenters. The van der Waals surface area contributed by atoms with Gasteiger partial charge in [-0.15, -0.1) is 24.8 Å². The zero-order chi connectivity index (χ0) is 18.4. The molecule has 2 heterocycles. The quantitative estimate of drug-likeness (QED) is 0.317. The van der Waals surface area contributed by atoms with Crippen LogP contribution in [0.25, 0.3) is 6.08 Å². The molecule has 1 fully saturated rings. The van der Waals surface area contributed by atoms with E-state index in [4.69, 9.17) is 5.21 Å². The Morgan fingerprint density at radius 3 is 2.71 bits per heavy atom. The summed E-state index contributed by atoms with van der Waals surface area (Å²) in [5.74, 6) is 0.376. The van der Waals surface area contributed by atoms with Crippen molar-refractivity contribution in [1.29, 1.82) is 0 Å². The minimum absolute atomic E-state index is 0. The van der Waals surface area contributed by atoms with E-state index >= 15 is 0 Å². The molecule has 1 aliphatic rings. The first-order chi connectivity index (χ1) is 12.6. The molecule has 1 amide bonds. The topological polar surface area (TPSA) is 111 Å². The van der Waals surface area contributed by atoms with Crippen molar-refractivity contribution in [2.75, 3.05) is 18.4 Å². The minimum atomic E-state index is -0.621. The van der Waals surface area contributed by atoms with Crippen molar-refractivity contribution in [3.8, 4) is 5.75 Å². The van der Waals surface area contributed by atoms with E-state index in [1.54, 1.807) is 18.5 Å². The standard InChI is InChI=1S/C18H21N5O3.2ClH/c24-16-4-2-1-3-13(16)11-23-8-7-15(12-23)21-17-10-19-14(9-20-17)5-6-18(25)22-26;;/h1-6,9-10,15,24,26H,7-8,11-12H2,(H,20,21)(H,22,25);2*1H/t15-;;/m1../s1. The van der Waals surface area contributed by atoms with Crippen LogP contribution in [0.3, 0.4) is 0 Å². The number of nitrogens with one attached hydrogen (secondary N) is 2. The second-order valence-electron chi connectivity index (χ2n) is 6.13. The van der Waals surface area contributed by atoms with Crippen molar-refractivity contribution in [1.82, 2.24) is 20.3 Å². The number of carbonyl (C=O) groups excluding carboxylic acids is 1. The van der Waals surface area contributed by atoms with Crippen molar-refractivity contribution in [2.24, 2.45) is 0 Å². The van der Waals surface area contributed by atoms with Gasteiger partial charge in [-0.25, -0.2) is 10.5 Å². The van der Waals surface area contributed by atoms with Crippen molar-refractivity contribution in [2.45, 2.75) is 19.0 Å². The molecule has 1 aromatic carbocycles. The molecule has 28 heavy (non-hydrogen) atoms. The molecule has 1 aromatic heterocycles. The normalized spacial score (nSPS) is 16.2. The van der Waals surface area contributed by atoms with Crippen LogP contribution in [0.15, 0.2) is 42.7 Å². The molecule has 0 aliphatic carbocycles. The first kappa shape index (κ1) is 23.6. The van der Waals surface area contributed by atoms with Crippen LogP contribution < -0.4 is 10.8 Å². The van der Waals surface area contributed by atoms with Gasteiger partial charge in [0.05, 0.1) is 18.1 Å². The van der Waals surface area contributed by atoms with E-state index in [-0.39, 0.29) is 30.9 Å². The predicted octanol–water partition coefficient (Wildman–Crippen LogP) is 2.23. The van der Waals surface area contributed by atoms with E-state index in [0.717, 1.165) is 25.1 Å². The van der Waals surface area contributed by atoms with E-state index in [2.05, 4.69) is 20.2 Å². The summed E-state index contributed by atoms with van der Waals surface area (Å²) in [5, 5.41) is 21.7. The Morgan fingerprint density at radius 2 is 2.04 bits per heavy atom. The lowest BCUT2D eigenvalue weighted by atomic mass is 10.2. The van der Waals surface area contributed by atoms with Crippen LogP contribution in [-0.2, 0) is 11.3 Å². The van der Waals surface area contributed by atoms with Crippen LogP contribution in [0.5, 0.6) is 5.75 Å². The Balaban J connectivity index is 0.00000196. The maximum atomic E-state index is 10.9. The third-order valence-corrected chi connectivity index (χ3v) is 4.20. The number of hydroxylamine groups is 1. The molecule has 1 atom stereocenters. The maximum absolute atomic E-state index is 10.9. The molecule has 4 N–H and O–H groups in total. The number of phenols is 1. The van der Waals surface area contributed by atoms with E-state index in [0.29, 0.717) is 23.8 Å². The summed E-state index contributed by atoms with van der Waals surface area (Å²) in [4.78, 5) is 21.7. The third kappa shape index (κ3) is 6.65. The van der Waals surface area contributed by atoms with E-state index in [9.17, 15) is 9.90 Å². The number of amides is 1. The fourth-order valence-corrected chi connectivity index (χ4v) is 2.89. The van der Waals surface area contributed by atoms with Crippen LogP contribution in [-0.4, -0.2) is 50.2 Å². The Morgan fingerprint density at radius 1 is 1.25 bits per heavy atom. The summed E-state index contributed by atoms with van der Waals surface area (Å²) in [7, 11) is 0. The molecule has 3 rings (SSSR count). The predicted molar refractivity (Wildman–Crippen MR) is 111 cm³/mol. The zero-order valence-electron chi connectivity index (χ0n) is 15.0. The average molecular weight is 428 g/mol. The zero-order valence-corrected chi connectivity index (χ0v) is 16.6. The Kier molecular flexibility index (Phi) is 9.67. The second kappa shape index (κ2) is 11.5. The number of para-hydroxylation sites is 1. The van der Waals surface area contributed by atoms with Crippen LogP contribution in [0.2, 0.25) is 0 Å². The van der Waals surface area contributed by atoms with Crippen molar-refractivity contribution in [3.63, 3.8) is 0 Å². The van der Waals surface area contributed by atoms with Gasteiger partial charge >= 0.3 is 0 Å². The fourth-order valence-electron chi connectivity index (χ4n) is 2.89. The van der Waals surface area contributed by atoms with Gasteiger partial charge in [0.1, 0.15) is 11.6 Å². The largest absolute Gasteiger partial charge is 0.508 e. The maximum Gasteiger partial charge on any atom is 0.267 e. The number of hydrogen-bond donors (Lipinski definition) is 4. The monoisotopic (exact) mass is 427 g/mol. The molecule has 1 saturated heterocycles. The van der Waals surface area contributed by atoms with Crippen LogP contribution in [0.1, 0.15) is 17.7 Å². The number of likely N-dealkylation sites (tertiary alicyclic amines) is 1. The Labute approximate surface area is 175 Å². The van der Waals surface area contributed by atoms with Gasteiger partial charge in [-0.1, -0.05) is 18.2 Å². The number of rotatable bonds is 6. The van der Waals surface area contributed by atoms with Gasteiger partial charge in [0, 0.05) is 37.3 Å². The number of anilines is 1. The highest BCUT2D eigenvalue weighted by Gasteiger charge is 2.23. The summed E-state index contributed by atoms with van der Waals surface area (Å²) < 4.78 is 0. The summed E-state index contributed by atoms with van der Waals surface area (Å²) >= 11 is 0. The molecule has 0 radical (unpaired) electrons. The molecule has 1 aliphatic heterocycles. The van der Waals surface area contributed by atoms with E-state index in [1.807, 2.05) is 18.2 Å². The molecule has 8 nitrogen and oxygen atoms in total. The number of halogens is 2. The number of nitrogens with zero attached hydrogens (tertiary/aromatic N) is 3. The SMILES string of the molecule is Cl.Cl.O=C(C=Cc1cnc(N[C@@H]2CCN(Cc3ccccc3O)C2)cn1)NO. The Hall–Kier alpha value is -2.39. The Bertz CT molecular complexity index is 789. The number of carbonyl (C=O) groups is 1. The molecule has 0 bridgehead atoms. The van der Waals surface area contributed by atoms with Gasteiger partial charge in [-0.05, 0) is 18.6 Å². The molecular formula is C18H23Cl2N5O3. The molecule has 0 saturated carbocycles. The van der Waals surface area contributed by atoms with Crippen molar-refractivity contribution in [3.05, 3.63) is 54.0 Å². The smallest absolute Gasteiger partial charge is 0.267 e. The van der Waals surface area contributed by atoms with E-state index in [1.165, 1.54) is 17.6 Å². The number of aromatic hydroxyl groups is 1. The molecular weight excluding hydrogens is 405 g/mol. The van der Waals surface area contributed by atoms with Crippen molar-refractivity contribution < 1.29 is 15.1 Å². The highest BCUT2D eigenvalue weighted by atomic mass is 35.5. The molecule has 152 valence electrons. The second-order valence-corrected chi connectivity index (χ2v) is 6.13. The van der Waals surface area contributed by atoms with Gasteiger partial charge in [0.2, 0.25) is 0 Å². The average Bonchev–Trinajstić information content (AvgIpc) is 3.09. The summed E-state index contributed by atoms with van der Waals surface area (Å²) in [6, 6.07) is 7.65. The number of aromatic nitrogens is 2. The van der Waals surface area contributed by atoms with Gasteiger partial charge in [-0.3, -0.25) is 19.9 Å². The third-order valence-electron chi connectivity index (χ3n) is 4.20.